The molecule has 0 aromatic heterocycles. The van der Waals surface area contributed by atoms with Gasteiger partial charge < -0.3 is 11.1 Å². The fraction of sp³-hybridized carbons (Fsp3) is 0.923. The molecular weight excluding hydrogens is 236 g/mol. The van der Waals surface area contributed by atoms with Crippen molar-refractivity contribution in [1.82, 2.24) is 5.32 Å². The molecule has 2 aliphatic carbocycles. The van der Waals surface area contributed by atoms with Gasteiger partial charge in [-0.2, -0.15) is 0 Å². The first-order valence-electron chi connectivity index (χ1n) is 6.64. The molecule has 100 valence electrons. The van der Waals surface area contributed by atoms with E-state index in [1.165, 1.54) is 25.7 Å². The predicted octanol–water partition coefficient (Wildman–Crippen LogP) is 2.23. The SMILES string of the molecule is CC1(CNC(=O)C2CCCC2N)CCCC1.Cl. The fourth-order valence-corrected chi connectivity index (χ4v) is 3.15. The highest BCUT2D eigenvalue weighted by Crippen LogP contribution is 2.36. The number of nitrogens with two attached hydrogens (primary N) is 1. The summed E-state index contributed by atoms with van der Waals surface area (Å²) >= 11 is 0. The average Bonchev–Trinajstić information content (AvgIpc) is 2.85. The molecule has 0 radical (unpaired) electrons. The smallest absolute Gasteiger partial charge is 0.224 e. The third-order valence-electron chi connectivity index (χ3n) is 4.41. The van der Waals surface area contributed by atoms with E-state index in [9.17, 15) is 4.79 Å². The van der Waals surface area contributed by atoms with Crippen LogP contribution in [-0.4, -0.2) is 18.5 Å². The molecule has 2 unspecified atom stereocenters. The molecule has 3 nitrogen and oxygen atoms in total. The number of carbonyl (C=O) groups excluding carboxylic acids is 1. The Morgan fingerprint density at radius 3 is 2.47 bits per heavy atom. The first kappa shape index (κ1) is 14.8. The van der Waals surface area contributed by atoms with E-state index >= 15 is 0 Å². The van der Waals surface area contributed by atoms with Gasteiger partial charge in [0.05, 0.1) is 5.92 Å². The molecule has 0 heterocycles. The van der Waals surface area contributed by atoms with E-state index in [1.807, 2.05) is 0 Å². The van der Waals surface area contributed by atoms with E-state index in [0.29, 0.717) is 5.41 Å². The van der Waals surface area contributed by atoms with Crippen molar-refractivity contribution >= 4 is 18.3 Å². The van der Waals surface area contributed by atoms with Gasteiger partial charge in [0.15, 0.2) is 0 Å². The first-order chi connectivity index (χ1) is 7.61. The van der Waals surface area contributed by atoms with Crippen LogP contribution >= 0.6 is 12.4 Å². The van der Waals surface area contributed by atoms with Crippen LogP contribution in [0.15, 0.2) is 0 Å². The Morgan fingerprint density at radius 1 is 1.29 bits per heavy atom. The molecule has 3 N–H and O–H groups in total. The predicted molar refractivity (Wildman–Crippen MR) is 72.1 cm³/mol. The molecule has 0 bridgehead atoms. The monoisotopic (exact) mass is 260 g/mol. The molecule has 2 aliphatic rings. The molecule has 0 saturated heterocycles. The van der Waals surface area contributed by atoms with Crippen molar-refractivity contribution in [3.05, 3.63) is 0 Å². The van der Waals surface area contributed by atoms with Crippen molar-refractivity contribution in [2.24, 2.45) is 17.1 Å². The molecule has 2 saturated carbocycles. The van der Waals surface area contributed by atoms with Crippen LogP contribution in [0.1, 0.15) is 51.9 Å². The summed E-state index contributed by atoms with van der Waals surface area (Å²) in [6.45, 7) is 3.13. The largest absolute Gasteiger partial charge is 0.355 e. The summed E-state index contributed by atoms with van der Waals surface area (Å²) in [7, 11) is 0. The van der Waals surface area contributed by atoms with Crippen molar-refractivity contribution in [2.75, 3.05) is 6.54 Å². The lowest BCUT2D eigenvalue weighted by Crippen LogP contribution is -2.42. The van der Waals surface area contributed by atoms with Crippen LogP contribution in [0.25, 0.3) is 0 Å². The fourth-order valence-electron chi connectivity index (χ4n) is 3.15. The number of hydrogen-bond acceptors (Lipinski definition) is 2. The maximum atomic E-state index is 12.0. The number of halogens is 1. The van der Waals surface area contributed by atoms with Gasteiger partial charge >= 0.3 is 0 Å². The third kappa shape index (κ3) is 3.59. The summed E-state index contributed by atoms with van der Waals surface area (Å²) in [6, 6.07) is 0.0939. The maximum Gasteiger partial charge on any atom is 0.224 e. The summed E-state index contributed by atoms with van der Waals surface area (Å²) in [4.78, 5) is 12.0. The van der Waals surface area contributed by atoms with Gasteiger partial charge in [-0.05, 0) is 31.1 Å². The van der Waals surface area contributed by atoms with E-state index in [1.54, 1.807) is 0 Å². The quantitative estimate of drug-likeness (QED) is 0.818. The summed E-state index contributed by atoms with van der Waals surface area (Å²) in [5, 5.41) is 3.12. The standard InChI is InChI=1S/C13H24N2O.ClH/c1-13(7-2-3-8-13)9-15-12(16)10-5-4-6-11(10)14;/h10-11H,2-9,14H2,1H3,(H,15,16);1H. The van der Waals surface area contributed by atoms with Gasteiger partial charge in [-0.1, -0.05) is 26.2 Å². The van der Waals surface area contributed by atoms with Gasteiger partial charge in [-0.3, -0.25) is 4.79 Å². The Hall–Kier alpha value is -0.280. The Balaban J connectivity index is 0.00000144. The Morgan fingerprint density at radius 2 is 1.94 bits per heavy atom. The lowest BCUT2D eigenvalue weighted by atomic mass is 9.88. The minimum atomic E-state index is 0. The normalized spacial score (nSPS) is 30.9. The highest BCUT2D eigenvalue weighted by molar-refractivity contribution is 5.85. The minimum absolute atomic E-state index is 0. The van der Waals surface area contributed by atoms with Crippen LogP contribution in [0.4, 0.5) is 0 Å². The van der Waals surface area contributed by atoms with Crippen LogP contribution in [0.2, 0.25) is 0 Å². The van der Waals surface area contributed by atoms with Gasteiger partial charge in [0.1, 0.15) is 0 Å². The van der Waals surface area contributed by atoms with Crippen LogP contribution in [0.5, 0.6) is 0 Å². The number of nitrogens with one attached hydrogen (secondary N) is 1. The van der Waals surface area contributed by atoms with Crippen LogP contribution in [0, 0.1) is 11.3 Å². The van der Waals surface area contributed by atoms with Gasteiger partial charge in [0, 0.05) is 12.6 Å². The lowest BCUT2D eigenvalue weighted by Gasteiger charge is -2.25. The molecule has 0 aliphatic heterocycles. The summed E-state index contributed by atoms with van der Waals surface area (Å²) in [6.07, 6.45) is 8.23. The topological polar surface area (TPSA) is 55.1 Å². The number of amides is 1. The number of hydrogen-bond donors (Lipinski definition) is 2. The molecule has 17 heavy (non-hydrogen) atoms. The van der Waals surface area contributed by atoms with E-state index in [-0.39, 0.29) is 30.3 Å². The number of rotatable bonds is 3. The van der Waals surface area contributed by atoms with Crippen LogP contribution < -0.4 is 11.1 Å². The van der Waals surface area contributed by atoms with Crippen LogP contribution in [0.3, 0.4) is 0 Å². The minimum Gasteiger partial charge on any atom is -0.355 e. The number of carbonyl (C=O) groups is 1. The molecule has 4 heteroatoms. The second kappa shape index (κ2) is 6.05. The van der Waals surface area contributed by atoms with Gasteiger partial charge in [0.25, 0.3) is 0 Å². The first-order valence-corrected chi connectivity index (χ1v) is 6.64. The van der Waals surface area contributed by atoms with Crippen molar-refractivity contribution in [3.63, 3.8) is 0 Å². The second-order valence-corrected chi connectivity index (χ2v) is 5.94. The second-order valence-electron chi connectivity index (χ2n) is 5.94. The van der Waals surface area contributed by atoms with Gasteiger partial charge in [0.2, 0.25) is 5.91 Å². The summed E-state index contributed by atoms with van der Waals surface area (Å²) in [5.74, 6) is 0.267. The Bertz CT molecular complexity index is 264. The maximum absolute atomic E-state index is 12.0. The molecule has 1 amide bonds. The zero-order valence-electron chi connectivity index (χ0n) is 10.7. The molecular formula is C13H25ClN2O. The zero-order chi connectivity index (χ0) is 11.6. The van der Waals surface area contributed by atoms with Crippen molar-refractivity contribution < 1.29 is 4.79 Å². The molecule has 0 aromatic rings. The van der Waals surface area contributed by atoms with E-state index in [4.69, 9.17) is 5.73 Å². The zero-order valence-corrected chi connectivity index (χ0v) is 11.5. The highest BCUT2D eigenvalue weighted by atomic mass is 35.5. The van der Waals surface area contributed by atoms with Gasteiger partial charge in [-0.25, -0.2) is 0 Å². The average molecular weight is 261 g/mol. The molecule has 2 rings (SSSR count). The summed E-state index contributed by atoms with van der Waals surface area (Å²) in [5.41, 5.74) is 6.28. The van der Waals surface area contributed by atoms with E-state index in [2.05, 4.69) is 12.2 Å². The highest BCUT2D eigenvalue weighted by Gasteiger charge is 2.33. The van der Waals surface area contributed by atoms with Crippen molar-refractivity contribution in [2.45, 2.75) is 57.9 Å². The van der Waals surface area contributed by atoms with E-state index in [0.717, 1.165) is 25.8 Å². The van der Waals surface area contributed by atoms with Crippen molar-refractivity contribution in [3.8, 4) is 0 Å². The van der Waals surface area contributed by atoms with Crippen molar-refractivity contribution in [1.29, 1.82) is 0 Å². The lowest BCUT2D eigenvalue weighted by molar-refractivity contribution is -0.125. The Labute approximate surface area is 110 Å². The van der Waals surface area contributed by atoms with Gasteiger partial charge in [-0.15, -0.1) is 12.4 Å². The molecule has 2 atom stereocenters. The molecule has 0 aromatic carbocycles. The van der Waals surface area contributed by atoms with Crippen LogP contribution in [-0.2, 0) is 4.79 Å². The molecule has 2 fully saturated rings. The Kier molecular flexibility index (Phi) is 5.26. The van der Waals surface area contributed by atoms with E-state index < -0.39 is 0 Å². The third-order valence-corrected chi connectivity index (χ3v) is 4.41. The summed E-state index contributed by atoms with van der Waals surface area (Å²) < 4.78 is 0. The molecule has 0 spiro atoms.